The highest BCUT2D eigenvalue weighted by Crippen LogP contribution is 2.17. The van der Waals surface area contributed by atoms with Crippen molar-refractivity contribution in [2.45, 2.75) is 19.9 Å². The molecule has 0 fully saturated rings. The molecule has 0 saturated carbocycles. The lowest BCUT2D eigenvalue weighted by molar-refractivity contribution is 0.0779. The molecule has 0 spiro atoms. The highest BCUT2D eigenvalue weighted by molar-refractivity contribution is 7.09. The van der Waals surface area contributed by atoms with Crippen molar-refractivity contribution in [2.24, 2.45) is 7.05 Å². The average molecular weight is 340 g/mol. The van der Waals surface area contributed by atoms with E-state index in [9.17, 15) is 4.79 Å². The van der Waals surface area contributed by atoms with E-state index < -0.39 is 0 Å². The summed E-state index contributed by atoms with van der Waals surface area (Å²) in [6.45, 7) is 2.53. The highest BCUT2D eigenvalue weighted by Gasteiger charge is 2.17. The molecule has 0 N–H and O–H groups in total. The van der Waals surface area contributed by atoms with Gasteiger partial charge in [-0.25, -0.2) is 4.98 Å². The maximum Gasteiger partial charge on any atom is 0.273 e. The maximum absolute atomic E-state index is 12.6. The zero-order valence-electron chi connectivity index (χ0n) is 14.1. The molecule has 3 rings (SSSR count). The number of carbonyl (C=O) groups excluding carboxylic acids is 1. The van der Waals surface area contributed by atoms with E-state index in [0.717, 1.165) is 22.7 Å². The molecule has 6 heteroatoms. The molecule has 0 atom stereocenters. The first-order valence-electron chi connectivity index (χ1n) is 7.76. The van der Waals surface area contributed by atoms with E-state index in [1.165, 1.54) is 16.9 Å². The van der Waals surface area contributed by atoms with Crippen molar-refractivity contribution in [2.75, 3.05) is 7.05 Å². The summed E-state index contributed by atoms with van der Waals surface area (Å²) in [6.07, 6.45) is 2.56. The Labute approximate surface area is 145 Å². The summed E-state index contributed by atoms with van der Waals surface area (Å²) in [4.78, 5) is 18.8. The number of thiazole rings is 1. The molecule has 1 aromatic carbocycles. The number of aromatic nitrogens is 3. The van der Waals surface area contributed by atoms with Crippen LogP contribution in [0.1, 0.15) is 32.3 Å². The Bertz CT molecular complexity index is 838. The fraction of sp³-hybridized carbons (Fsp3) is 0.278. The summed E-state index contributed by atoms with van der Waals surface area (Å²) in [5.41, 5.74) is 3.82. The zero-order valence-corrected chi connectivity index (χ0v) is 14.9. The van der Waals surface area contributed by atoms with E-state index in [0.29, 0.717) is 12.2 Å². The van der Waals surface area contributed by atoms with Gasteiger partial charge in [0.05, 0.1) is 11.2 Å². The fourth-order valence-electron chi connectivity index (χ4n) is 2.48. The Morgan fingerprint density at radius 2 is 2.04 bits per heavy atom. The topological polar surface area (TPSA) is 51.0 Å². The fourth-order valence-corrected chi connectivity index (χ4v) is 3.29. The molecular formula is C18H20N4OS. The molecular weight excluding hydrogens is 320 g/mol. The molecule has 24 heavy (non-hydrogen) atoms. The molecule has 124 valence electrons. The molecule has 5 nitrogen and oxygen atoms in total. The van der Waals surface area contributed by atoms with Gasteiger partial charge < -0.3 is 4.90 Å². The van der Waals surface area contributed by atoms with Crippen LogP contribution in [0.25, 0.3) is 0 Å². The van der Waals surface area contributed by atoms with Gasteiger partial charge in [0.15, 0.2) is 0 Å². The van der Waals surface area contributed by atoms with E-state index in [1.807, 2.05) is 42.2 Å². The number of amides is 1. The van der Waals surface area contributed by atoms with Crippen LogP contribution >= 0.6 is 11.3 Å². The number of rotatable bonds is 5. The van der Waals surface area contributed by atoms with Gasteiger partial charge in [-0.2, -0.15) is 5.10 Å². The maximum atomic E-state index is 12.6. The molecule has 0 bridgehead atoms. The molecule has 0 aliphatic heterocycles. The molecule has 0 unspecified atom stereocenters. The smallest absolute Gasteiger partial charge is 0.273 e. The van der Waals surface area contributed by atoms with Crippen molar-refractivity contribution in [3.05, 3.63) is 69.4 Å². The number of benzene rings is 1. The quantitative estimate of drug-likeness (QED) is 0.717. The predicted molar refractivity (Wildman–Crippen MR) is 95.1 cm³/mol. The third kappa shape index (κ3) is 3.54. The molecule has 0 saturated heterocycles. The van der Waals surface area contributed by atoms with E-state index in [-0.39, 0.29) is 5.91 Å². The van der Waals surface area contributed by atoms with Crippen LogP contribution < -0.4 is 0 Å². The third-order valence-corrected chi connectivity index (χ3v) is 4.91. The monoisotopic (exact) mass is 340 g/mol. The minimum Gasteiger partial charge on any atom is -0.336 e. The predicted octanol–water partition coefficient (Wildman–Crippen LogP) is 3.05. The van der Waals surface area contributed by atoms with Gasteiger partial charge in [0.2, 0.25) is 0 Å². The van der Waals surface area contributed by atoms with Crippen LogP contribution in [0.5, 0.6) is 0 Å². The number of carbonyl (C=O) groups is 1. The number of nitrogens with zero attached hydrogens (tertiary/aromatic N) is 4. The van der Waals surface area contributed by atoms with Crippen LogP contribution in [0.15, 0.2) is 41.9 Å². The Kier molecular flexibility index (Phi) is 4.76. The number of hydrogen-bond acceptors (Lipinski definition) is 4. The van der Waals surface area contributed by atoms with Gasteiger partial charge in [0.25, 0.3) is 5.91 Å². The first-order chi connectivity index (χ1) is 11.5. The van der Waals surface area contributed by atoms with Crippen LogP contribution in [0, 0.1) is 6.92 Å². The lowest BCUT2D eigenvalue weighted by atomic mass is 10.2. The summed E-state index contributed by atoms with van der Waals surface area (Å²) in [5, 5.41) is 7.01. The minimum absolute atomic E-state index is 0.0613. The van der Waals surface area contributed by atoms with Gasteiger partial charge >= 0.3 is 0 Å². The third-order valence-electron chi connectivity index (χ3n) is 4.06. The Hall–Kier alpha value is -2.47. The first-order valence-corrected chi connectivity index (χ1v) is 8.64. The largest absolute Gasteiger partial charge is 0.336 e. The summed E-state index contributed by atoms with van der Waals surface area (Å²) < 4.78 is 1.81. The second-order valence-corrected chi connectivity index (χ2v) is 6.77. The second-order valence-electron chi connectivity index (χ2n) is 5.83. The van der Waals surface area contributed by atoms with Gasteiger partial charge in [-0.1, -0.05) is 30.3 Å². The van der Waals surface area contributed by atoms with Gasteiger partial charge in [-0.05, 0) is 12.5 Å². The first kappa shape index (κ1) is 16.4. The van der Waals surface area contributed by atoms with Crippen molar-refractivity contribution in [3.63, 3.8) is 0 Å². The molecule has 0 aliphatic carbocycles. The number of aryl methyl sites for hydroxylation is 1. The van der Waals surface area contributed by atoms with Gasteiger partial charge in [-0.15, -0.1) is 11.3 Å². The highest BCUT2D eigenvalue weighted by atomic mass is 32.1. The number of hydrogen-bond donors (Lipinski definition) is 0. The zero-order chi connectivity index (χ0) is 17.1. The Morgan fingerprint density at radius 1 is 1.29 bits per heavy atom. The molecule has 2 heterocycles. The molecule has 3 aromatic rings. The molecule has 0 radical (unpaired) electrons. The lowest BCUT2D eigenvalue weighted by Gasteiger charge is -2.15. The Balaban J connectivity index is 1.68. The van der Waals surface area contributed by atoms with E-state index in [2.05, 4.69) is 22.2 Å². The molecule has 0 aliphatic rings. The van der Waals surface area contributed by atoms with Crippen molar-refractivity contribution in [1.82, 2.24) is 19.7 Å². The normalized spacial score (nSPS) is 10.8. The molecule has 2 aromatic heterocycles. The van der Waals surface area contributed by atoms with Crippen molar-refractivity contribution in [3.8, 4) is 0 Å². The van der Waals surface area contributed by atoms with Crippen LogP contribution in [0.3, 0.4) is 0 Å². The summed E-state index contributed by atoms with van der Waals surface area (Å²) in [5.74, 6) is -0.0613. The van der Waals surface area contributed by atoms with Crippen LogP contribution in [0.4, 0.5) is 0 Å². The van der Waals surface area contributed by atoms with Crippen molar-refractivity contribution >= 4 is 17.2 Å². The van der Waals surface area contributed by atoms with Crippen LogP contribution in [-0.4, -0.2) is 32.6 Å². The van der Waals surface area contributed by atoms with Crippen molar-refractivity contribution in [1.29, 1.82) is 0 Å². The SMILES string of the molecule is Cc1c(CN(C)C(=O)c2csc(Cc3ccccc3)n2)cnn1C. The summed E-state index contributed by atoms with van der Waals surface area (Å²) >= 11 is 1.53. The van der Waals surface area contributed by atoms with Crippen LogP contribution in [-0.2, 0) is 20.0 Å². The summed E-state index contributed by atoms with van der Waals surface area (Å²) in [7, 11) is 3.70. The lowest BCUT2D eigenvalue weighted by Crippen LogP contribution is -2.26. The standard InChI is InChI=1S/C18H20N4OS/c1-13-15(10-19-22(13)3)11-21(2)18(23)16-12-24-17(20-16)9-14-7-5-4-6-8-14/h4-8,10,12H,9,11H2,1-3H3. The van der Waals surface area contributed by atoms with Gasteiger partial charge in [-0.3, -0.25) is 9.48 Å². The van der Waals surface area contributed by atoms with Gasteiger partial charge in [0, 0.05) is 43.7 Å². The minimum atomic E-state index is -0.0613. The second kappa shape index (κ2) is 6.97. The van der Waals surface area contributed by atoms with Crippen LogP contribution in [0.2, 0.25) is 0 Å². The van der Waals surface area contributed by atoms with E-state index in [4.69, 9.17) is 0 Å². The van der Waals surface area contributed by atoms with Crippen molar-refractivity contribution < 1.29 is 4.79 Å². The average Bonchev–Trinajstić information content (AvgIpc) is 3.17. The van der Waals surface area contributed by atoms with E-state index in [1.54, 1.807) is 18.1 Å². The molecule has 1 amide bonds. The van der Waals surface area contributed by atoms with E-state index >= 15 is 0 Å². The summed E-state index contributed by atoms with van der Waals surface area (Å²) in [6, 6.07) is 10.2. The Morgan fingerprint density at radius 3 is 2.71 bits per heavy atom. The van der Waals surface area contributed by atoms with Gasteiger partial charge in [0.1, 0.15) is 5.69 Å².